The third-order valence-electron chi connectivity index (χ3n) is 3.73. The van der Waals surface area contributed by atoms with E-state index in [0.717, 1.165) is 49.6 Å². The summed E-state index contributed by atoms with van der Waals surface area (Å²) in [5.41, 5.74) is 2.31. The van der Waals surface area contributed by atoms with Crippen molar-refractivity contribution in [2.24, 2.45) is 13.0 Å². The lowest BCUT2D eigenvalue weighted by atomic mass is 9.93. The van der Waals surface area contributed by atoms with Gasteiger partial charge >= 0.3 is 6.03 Å². The van der Waals surface area contributed by atoms with Gasteiger partial charge < -0.3 is 10.6 Å². The van der Waals surface area contributed by atoms with E-state index in [9.17, 15) is 4.79 Å². The van der Waals surface area contributed by atoms with Crippen molar-refractivity contribution in [3.05, 3.63) is 17.5 Å². The lowest BCUT2D eigenvalue weighted by Gasteiger charge is -2.22. The number of hydrogen-bond acceptors (Lipinski definition) is 3. The maximum Gasteiger partial charge on any atom is 0.315 e. The fraction of sp³-hybridized carbons (Fsp3) is 0.750. The molecule has 0 aromatic carbocycles. The lowest BCUT2D eigenvalue weighted by Crippen LogP contribution is -2.39. The van der Waals surface area contributed by atoms with Gasteiger partial charge in [-0.3, -0.25) is 4.68 Å². The van der Waals surface area contributed by atoms with E-state index < -0.39 is 0 Å². The Kier molecular flexibility index (Phi) is 6.61. The average Bonchev–Trinajstić information content (AvgIpc) is 2.84. The molecule has 0 aliphatic heterocycles. The van der Waals surface area contributed by atoms with Gasteiger partial charge in [-0.25, -0.2) is 4.79 Å². The number of carbonyl (C=O) groups excluding carboxylic acids is 1. The highest BCUT2D eigenvalue weighted by Gasteiger charge is 2.24. The number of aromatic nitrogens is 2. The molecule has 1 aromatic heterocycles. The second-order valence-electron chi connectivity index (χ2n) is 6.37. The molecule has 124 valence electrons. The Hall–Kier alpha value is -1.17. The molecule has 0 saturated heterocycles. The zero-order valence-electron chi connectivity index (χ0n) is 13.9. The molecule has 0 radical (unpaired) electrons. The number of aryl methyl sites for hydroxylation is 2. The first-order chi connectivity index (χ1) is 10.6. The van der Waals surface area contributed by atoms with E-state index in [-0.39, 0.29) is 12.1 Å². The molecule has 1 unspecified atom stereocenters. The summed E-state index contributed by atoms with van der Waals surface area (Å²) in [6, 6.07) is 0.0447. The van der Waals surface area contributed by atoms with Crippen molar-refractivity contribution in [2.75, 3.05) is 18.1 Å². The smallest absolute Gasteiger partial charge is 0.315 e. The van der Waals surface area contributed by atoms with E-state index in [2.05, 4.69) is 29.6 Å². The molecule has 5 nitrogen and oxygen atoms in total. The summed E-state index contributed by atoms with van der Waals surface area (Å²) in [6.07, 6.45) is 6.15. The molecule has 6 heteroatoms. The van der Waals surface area contributed by atoms with Crippen LogP contribution >= 0.6 is 11.8 Å². The van der Waals surface area contributed by atoms with Crippen LogP contribution in [-0.2, 0) is 13.5 Å². The number of amides is 2. The minimum Gasteiger partial charge on any atom is -0.338 e. The molecule has 0 spiro atoms. The Balaban J connectivity index is 1.67. The summed E-state index contributed by atoms with van der Waals surface area (Å²) in [7, 11) is 1.93. The van der Waals surface area contributed by atoms with Crippen LogP contribution in [0, 0.1) is 5.92 Å². The van der Waals surface area contributed by atoms with Crippen LogP contribution in [-0.4, -0.2) is 33.9 Å². The van der Waals surface area contributed by atoms with Crippen molar-refractivity contribution in [1.82, 2.24) is 20.4 Å². The van der Waals surface area contributed by atoms with Crippen LogP contribution in [0.25, 0.3) is 0 Å². The van der Waals surface area contributed by atoms with Crippen LogP contribution < -0.4 is 10.6 Å². The Morgan fingerprint density at radius 3 is 3.14 bits per heavy atom. The van der Waals surface area contributed by atoms with Crippen LogP contribution in [0.5, 0.6) is 0 Å². The third-order valence-corrected chi connectivity index (χ3v) is 5.21. The molecule has 0 saturated carbocycles. The molecular formula is C16H28N4OS. The van der Waals surface area contributed by atoms with Crippen molar-refractivity contribution in [3.8, 4) is 0 Å². The van der Waals surface area contributed by atoms with Crippen molar-refractivity contribution >= 4 is 17.8 Å². The Morgan fingerprint density at radius 1 is 1.55 bits per heavy atom. The summed E-state index contributed by atoms with van der Waals surface area (Å²) >= 11 is 1.96. The van der Waals surface area contributed by atoms with Crippen LogP contribution in [0.15, 0.2) is 6.20 Å². The summed E-state index contributed by atoms with van der Waals surface area (Å²) in [6.45, 7) is 5.20. The van der Waals surface area contributed by atoms with E-state index >= 15 is 0 Å². The normalized spacial score (nSPS) is 17.4. The number of fused-ring (bicyclic) bond motifs is 1. The molecule has 2 amide bonds. The first kappa shape index (κ1) is 17.2. The van der Waals surface area contributed by atoms with E-state index in [1.54, 1.807) is 0 Å². The molecule has 0 bridgehead atoms. The molecule has 1 aliphatic rings. The molecule has 1 aliphatic carbocycles. The third kappa shape index (κ3) is 5.23. The number of urea groups is 1. The van der Waals surface area contributed by atoms with Gasteiger partial charge in [0.15, 0.2) is 0 Å². The molecule has 22 heavy (non-hydrogen) atoms. The van der Waals surface area contributed by atoms with Crippen LogP contribution in [0.4, 0.5) is 4.79 Å². The summed E-state index contributed by atoms with van der Waals surface area (Å²) < 4.78 is 1.84. The fourth-order valence-corrected chi connectivity index (χ4v) is 3.71. The number of hydrogen-bond donors (Lipinski definition) is 2. The Morgan fingerprint density at radius 2 is 2.36 bits per heavy atom. The number of thioether (sulfide) groups is 1. The molecule has 2 N–H and O–H groups in total. The van der Waals surface area contributed by atoms with Gasteiger partial charge in [-0.05, 0) is 43.1 Å². The number of rotatable bonds is 7. The van der Waals surface area contributed by atoms with Crippen molar-refractivity contribution in [3.63, 3.8) is 0 Å². The van der Waals surface area contributed by atoms with Crippen LogP contribution in [0.1, 0.15) is 50.4 Å². The first-order valence-electron chi connectivity index (χ1n) is 8.20. The van der Waals surface area contributed by atoms with E-state index in [1.807, 2.05) is 29.7 Å². The second kappa shape index (κ2) is 8.46. The number of nitrogens with one attached hydrogen (secondary N) is 2. The lowest BCUT2D eigenvalue weighted by molar-refractivity contribution is 0.235. The summed E-state index contributed by atoms with van der Waals surface area (Å²) in [4.78, 5) is 12.0. The first-order valence-corrected chi connectivity index (χ1v) is 9.36. The maximum absolute atomic E-state index is 12.0. The zero-order chi connectivity index (χ0) is 15.9. The second-order valence-corrected chi connectivity index (χ2v) is 7.52. The summed E-state index contributed by atoms with van der Waals surface area (Å²) in [5.74, 6) is 3.04. The molecular weight excluding hydrogens is 296 g/mol. The van der Waals surface area contributed by atoms with Crippen molar-refractivity contribution in [2.45, 2.75) is 45.6 Å². The molecule has 1 atom stereocenters. The van der Waals surface area contributed by atoms with Gasteiger partial charge in [0.2, 0.25) is 0 Å². The van der Waals surface area contributed by atoms with Gasteiger partial charge in [0, 0.05) is 25.4 Å². The van der Waals surface area contributed by atoms with Crippen molar-refractivity contribution < 1.29 is 4.79 Å². The van der Waals surface area contributed by atoms with Crippen molar-refractivity contribution in [1.29, 1.82) is 0 Å². The highest BCUT2D eigenvalue weighted by atomic mass is 32.2. The van der Waals surface area contributed by atoms with E-state index in [0.29, 0.717) is 0 Å². The maximum atomic E-state index is 12.0. The Bertz CT molecular complexity index is 486. The number of nitrogens with zero attached hydrogens (tertiary/aromatic N) is 2. The van der Waals surface area contributed by atoms with Gasteiger partial charge in [0.05, 0.1) is 11.7 Å². The van der Waals surface area contributed by atoms with Gasteiger partial charge in [0.25, 0.3) is 0 Å². The monoisotopic (exact) mass is 324 g/mol. The standard InChI is InChI=1S/C16H28N4OS/c1-12(2)11-22-9-5-8-17-16(21)18-14-6-4-7-15-13(14)10-20(3)19-15/h10,12,14H,4-9,11H2,1-3H3,(H2,17,18,21). The fourth-order valence-electron chi connectivity index (χ4n) is 2.72. The highest BCUT2D eigenvalue weighted by molar-refractivity contribution is 7.99. The minimum absolute atomic E-state index is 0.0597. The average molecular weight is 324 g/mol. The van der Waals surface area contributed by atoms with Gasteiger partial charge in [-0.1, -0.05) is 13.8 Å². The predicted octanol–water partition coefficient (Wildman–Crippen LogP) is 2.88. The minimum atomic E-state index is -0.0597. The van der Waals surface area contributed by atoms with Gasteiger partial charge in [-0.15, -0.1) is 0 Å². The van der Waals surface area contributed by atoms with Gasteiger partial charge in [-0.2, -0.15) is 16.9 Å². The largest absolute Gasteiger partial charge is 0.338 e. The quantitative estimate of drug-likeness (QED) is 0.758. The predicted molar refractivity (Wildman–Crippen MR) is 92.2 cm³/mol. The topological polar surface area (TPSA) is 59.0 Å². The van der Waals surface area contributed by atoms with E-state index in [4.69, 9.17) is 0 Å². The zero-order valence-corrected chi connectivity index (χ0v) is 14.7. The molecule has 2 rings (SSSR count). The van der Waals surface area contributed by atoms with Crippen LogP contribution in [0.2, 0.25) is 0 Å². The SMILES string of the molecule is CC(C)CSCCCNC(=O)NC1CCCc2nn(C)cc21. The van der Waals surface area contributed by atoms with E-state index in [1.165, 1.54) is 11.3 Å². The molecule has 0 fully saturated rings. The summed E-state index contributed by atoms with van der Waals surface area (Å²) in [5, 5.41) is 10.5. The number of carbonyl (C=O) groups is 1. The van der Waals surface area contributed by atoms with Gasteiger partial charge in [0.1, 0.15) is 0 Å². The molecule has 1 aromatic rings. The van der Waals surface area contributed by atoms with Crippen LogP contribution in [0.3, 0.4) is 0 Å². The molecule has 1 heterocycles. The Labute approximate surface area is 137 Å². The highest BCUT2D eigenvalue weighted by Crippen LogP contribution is 2.28.